The Morgan fingerprint density at radius 2 is 1.74 bits per heavy atom. The van der Waals surface area contributed by atoms with Crippen LogP contribution in [-0.4, -0.2) is 102 Å². The van der Waals surface area contributed by atoms with Crippen molar-refractivity contribution in [2.75, 3.05) is 49.9 Å². The maximum atomic E-state index is 15.1. The molecular weight excluding hydrogens is 733 g/mol. The summed E-state index contributed by atoms with van der Waals surface area (Å²) in [5.41, 5.74) is 4.59. The number of fused-ring (bicyclic) bond motifs is 2. The van der Waals surface area contributed by atoms with Gasteiger partial charge in [0.25, 0.3) is 5.91 Å². The van der Waals surface area contributed by atoms with E-state index in [1.807, 2.05) is 61.9 Å². The monoisotopic (exact) mass is 777 g/mol. The first kappa shape index (κ1) is 38.0. The zero-order valence-electron chi connectivity index (χ0n) is 32.2. The molecule has 0 bridgehead atoms. The fourth-order valence-electron chi connectivity index (χ4n) is 8.04. The number of rotatable bonds is 12. The van der Waals surface area contributed by atoms with E-state index >= 15 is 8.78 Å². The first-order valence-electron chi connectivity index (χ1n) is 19.4. The number of aryl methyl sites for hydroxylation is 1. The second-order valence-corrected chi connectivity index (χ2v) is 15.2. The number of carbonyl (C=O) groups excluding carboxylic acids is 3. The average Bonchev–Trinajstić information content (AvgIpc) is 3.71. The van der Waals surface area contributed by atoms with Gasteiger partial charge in [-0.3, -0.25) is 24.6 Å². The highest BCUT2D eigenvalue weighted by molar-refractivity contribution is 6.05. The lowest BCUT2D eigenvalue weighted by Gasteiger charge is -2.34. The summed E-state index contributed by atoms with van der Waals surface area (Å²) in [6.07, 6.45) is 4.43. The number of anilines is 3. The topological polar surface area (TPSA) is 154 Å². The van der Waals surface area contributed by atoms with Crippen LogP contribution in [0, 0.1) is 18.6 Å². The highest BCUT2D eigenvalue weighted by Crippen LogP contribution is 2.32. The Labute approximate surface area is 328 Å². The number of hydrogen-bond acceptors (Lipinski definition) is 11. The minimum Gasteiger partial charge on any atom is -0.385 e. The van der Waals surface area contributed by atoms with E-state index < -0.39 is 23.6 Å². The summed E-state index contributed by atoms with van der Waals surface area (Å²) in [6, 6.07) is 11.9. The molecule has 57 heavy (non-hydrogen) atoms. The van der Waals surface area contributed by atoms with Crippen LogP contribution in [0.4, 0.5) is 26.2 Å². The number of imide groups is 1. The predicted octanol–water partition coefficient (Wildman–Crippen LogP) is 5.18. The minimum absolute atomic E-state index is 0.0195. The lowest BCUT2D eigenvalue weighted by Crippen LogP contribution is -2.52. The third-order valence-electron chi connectivity index (χ3n) is 10.9. The molecule has 5 aromatic rings. The maximum Gasteiger partial charge on any atom is 0.255 e. The standard InChI is InChI=1S/C41H45F2N11O3/c1-24(2)54-25(3)47-38-31(42)18-27(19-34(38)54)37-32(43)21-46-41(50-37)48-35-9-5-26(20-45-35)22-52-15-13-51(14-16-52)12-4-11-44-29-6-7-30-28(17-29)23-53(40(30)57)33-8-10-36(55)49-39(33)56/h5-7,9,17-21,24,33,44H,4,8,10-16,22-23H2,1-3H3,(H,49,55,56)(H,45,46,48,50). The van der Waals surface area contributed by atoms with E-state index in [1.165, 1.54) is 6.07 Å². The second kappa shape index (κ2) is 15.9. The average molecular weight is 778 g/mol. The van der Waals surface area contributed by atoms with Gasteiger partial charge < -0.3 is 25.0 Å². The van der Waals surface area contributed by atoms with E-state index in [4.69, 9.17) is 0 Å². The molecule has 3 aliphatic heterocycles. The molecule has 3 aliphatic rings. The Balaban J connectivity index is 0.787. The molecule has 1 atom stereocenters. The Kier molecular flexibility index (Phi) is 10.6. The van der Waals surface area contributed by atoms with Gasteiger partial charge >= 0.3 is 0 Å². The van der Waals surface area contributed by atoms with Crippen molar-refractivity contribution >= 4 is 46.2 Å². The minimum atomic E-state index is -0.663. The molecule has 0 radical (unpaired) electrons. The van der Waals surface area contributed by atoms with Gasteiger partial charge in [-0.15, -0.1) is 0 Å². The highest BCUT2D eigenvalue weighted by Gasteiger charge is 2.39. The third-order valence-corrected chi connectivity index (χ3v) is 10.9. The van der Waals surface area contributed by atoms with Crippen molar-refractivity contribution in [3.63, 3.8) is 0 Å². The van der Waals surface area contributed by atoms with Gasteiger partial charge in [0, 0.05) is 81.3 Å². The molecular formula is C41H45F2N11O3. The summed E-state index contributed by atoms with van der Waals surface area (Å²) < 4.78 is 32.0. The summed E-state index contributed by atoms with van der Waals surface area (Å²) in [5, 5.41) is 8.88. The van der Waals surface area contributed by atoms with Crippen LogP contribution in [0.5, 0.6) is 0 Å². The van der Waals surface area contributed by atoms with Gasteiger partial charge in [0.1, 0.15) is 28.9 Å². The Bertz CT molecular complexity index is 2340. The summed E-state index contributed by atoms with van der Waals surface area (Å²) in [5.74, 6) is -0.737. The molecule has 14 nitrogen and oxygen atoms in total. The van der Waals surface area contributed by atoms with Crippen molar-refractivity contribution < 1.29 is 23.2 Å². The number of carbonyl (C=O) groups is 3. The molecule has 2 saturated heterocycles. The molecule has 0 aliphatic carbocycles. The zero-order valence-corrected chi connectivity index (χ0v) is 32.2. The van der Waals surface area contributed by atoms with Crippen molar-refractivity contribution in [3.8, 4) is 11.3 Å². The number of amides is 3. The molecule has 1 unspecified atom stereocenters. The summed E-state index contributed by atoms with van der Waals surface area (Å²) in [6.45, 7) is 12.5. The van der Waals surface area contributed by atoms with Crippen molar-refractivity contribution in [3.05, 3.63) is 89.0 Å². The predicted molar refractivity (Wildman–Crippen MR) is 211 cm³/mol. The SMILES string of the molecule is Cc1nc2c(F)cc(-c3nc(Nc4ccc(CN5CCN(CCCNc6ccc7c(c6)CN(C6CCC(=O)NC6=O)C7=O)CC5)cn4)ncc3F)cc2n1C(C)C. The Morgan fingerprint density at radius 3 is 2.49 bits per heavy atom. The summed E-state index contributed by atoms with van der Waals surface area (Å²) >= 11 is 0. The lowest BCUT2D eigenvalue weighted by molar-refractivity contribution is -0.136. The zero-order chi connectivity index (χ0) is 39.8. The fraction of sp³-hybridized carbons (Fsp3) is 0.390. The molecule has 16 heteroatoms. The van der Waals surface area contributed by atoms with Gasteiger partial charge in [0.05, 0.1) is 11.7 Å². The Hall–Kier alpha value is -5.87. The highest BCUT2D eigenvalue weighted by atomic mass is 19.1. The molecule has 296 valence electrons. The normalized spacial score (nSPS) is 17.8. The van der Waals surface area contributed by atoms with Crippen LogP contribution in [0.3, 0.4) is 0 Å². The fourth-order valence-corrected chi connectivity index (χ4v) is 8.04. The third kappa shape index (κ3) is 8.05. The van der Waals surface area contributed by atoms with Gasteiger partial charge in [-0.1, -0.05) is 6.07 Å². The van der Waals surface area contributed by atoms with Crippen molar-refractivity contribution in [2.45, 2.75) is 65.2 Å². The first-order valence-corrected chi connectivity index (χ1v) is 19.4. The van der Waals surface area contributed by atoms with E-state index in [9.17, 15) is 14.4 Å². The number of piperidine rings is 1. The van der Waals surface area contributed by atoms with Crippen LogP contribution >= 0.6 is 0 Å². The van der Waals surface area contributed by atoms with Crippen LogP contribution in [0.2, 0.25) is 0 Å². The molecule has 6 heterocycles. The number of nitrogens with zero attached hydrogens (tertiary/aromatic N) is 8. The van der Waals surface area contributed by atoms with Gasteiger partial charge in [0.2, 0.25) is 17.8 Å². The quantitative estimate of drug-likeness (QED) is 0.114. The molecule has 0 saturated carbocycles. The number of aromatic nitrogens is 5. The van der Waals surface area contributed by atoms with Gasteiger partial charge in [-0.25, -0.2) is 28.7 Å². The number of benzene rings is 2. The smallest absolute Gasteiger partial charge is 0.255 e. The number of imidazole rings is 1. The molecule has 2 aromatic carbocycles. The lowest BCUT2D eigenvalue weighted by atomic mass is 10.0. The molecule has 2 fully saturated rings. The molecule has 3 N–H and O–H groups in total. The van der Waals surface area contributed by atoms with Crippen LogP contribution < -0.4 is 16.0 Å². The van der Waals surface area contributed by atoms with Gasteiger partial charge in [-0.05, 0) is 87.7 Å². The van der Waals surface area contributed by atoms with E-state index in [0.717, 1.165) is 75.2 Å². The van der Waals surface area contributed by atoms with E-state index in [-0.39, 0.29) is 41.4 Å². The molecule has 0 spiro atoms. The maximum absolute atomic E-state index is 15.1. The first-order chi connectivity index (χ1) is 27.5. The van der Waals surface area contributed by atoms with Gasteiger partial charge in [-0.2, -0.15) is 0 Å². The number of nitrogens with one attached hydrogen (secondary N) is 3. The van der Waals surface area contributed by atoms with Crippen LogP contribution in [-0.2, 0) is 22.7 Å². The number of hydrogen-bond donors (Lipinski definition) is 3. The van der Waals surface area contributed by atoms with E-state index in [0.29, 0.717) is 41.3 Å². The largest absolute Gasteiger partial charge is 0.385 e. The van der Waals surface area contributed by atoms with Crippen LogP contribution in [0.1, 0.15) is 66.5 Å². The van der Waals surface area contributed by atoms with E-state index in [1.54, 1.807) is 11.0 Å². The number of piperazine rings is 1. The van der Waals surface area contributed by atoms with Crippen molar-refractivity contribution in [1.29, 1.82) is 0 Å². The number of halogens is 2. The van der Waals surface area contributed by atoms with Crippen LogP contribution in [0.25, 0.3) is 22.3 Å². The Morgan fingerprint density at radius 1 is 0.930 bits per heavy atom. The summed E-state index contributed by atoms with van der Waals surface area (Å²) in [4.78, 5) is 60.7. The van der Waals surface area contributed by atoms with Crippen LogP contribution in [0.15, 0.2) is 54.9 Å². The second-order valence-electron chi connectivity index (χ2n) is 15.2. The van der Waals surface area contributed by atoms with E-state index in [2.05, 4.69) is 45.7 Å². The summed E-state index contributed by atoms with van der Waals surface area (Å²) in [7, 11) is 0. The molecule has 3 aromatic heterocycles. The van der Waals surface area contributed by atoms with Crippen molar-refractivity contribution in [2.24, 2.45) is 0 Å². The molecule has 8 rings (SSSR count). The number of pyridine rings is 1. The van der Waals surface area contributed by atoms with Gasteiger partial charge in [0.15, 0.2) is 11.6 Å². The van der Waals surface area contributed by atoms with Crippen molar-refractivity contribution in [1.82, 2.24) is 44.5 Å². The molecule has 3 amide bonds.